The topological polar surface area (TPSA) is 142 Å². The Morgan fingerprint density at radius 2 is 1.53 bits per heavy atom. The Hall–Kier alpha value is -4.59. The fourth-order valence-corrected chi connectivity index (χ4v) is 6.26. The largest absolute Gasteiger partial charge is 0.497 e. The summed E-state index contributed by atoms with van der Waals surface area (Å²) < 4.78 is 30.4. The molecule has 2 aliphatic heterocycles. The molecule has 0 bridgehead atoms. The van der Waals surface area contributed by atoms with Crippen molar-refractivity contribution in [2.45, 2.75) is 49.6 Å². The summed E-state index contributed by atoms with van der Waals surface area (Å²) in [5, 5.41) is 14.0. The van der Waals surface area contributed by atoms with Gasteiger partial charge in [-0.2, -0.15) is 4.98 Å². The molecule has 2 fully saturated rings. The first-order valence-corrected chi connectivity index (χ1v) is 14.6. The first-order valence-electron chi connectivity index (χ1n) is 14.6. The van der Waals surface area contributed by atoms with E-state index in [0.717, 1.165) is 16.7 Å². The minimum atomic E-state index is -0.982. The molecule has 2 aliphatic rings. The summed E-state index contributed by atoms with van der Waals surface area (Å²) in [6.45, 7) is 0.703. The van der Waals surface area contributed by atoms with Crippen LogP contribution in [-0.2, 0) is 24.5 Å². The number of aliphatic hydroxyl groups excluding tert-OH is 1. The van der Waals surface area contributed by atoms with E-state index >= 15 is 0 Å². The predicted octanol–water partition coefficient (Wildman–Crippen LogP) is 3.52. The molecule has 0 radical (unpaired) electrons. The van der Waals surface area contributed by atoms with E-state index in [-0.39, 0.29) is 17.1 Å². The van der Waals surface area contributed by atoms with E-state index in [1.807, 2.05) is 84.9 Å². The number of H-pyrrole nitrogens is 1. The van der Waals surface area contributed by atoms with Crippen molar-refractivity contribution >= 4 is 17.1 Å². The first-order chi connectivity index (χ1) is 21.9. The highest BCUT2D eigenvalue weighted by atomic mass is 16.9. The lowest BCUT2D eigenvalue weighted by atomic mass is 9.77. The number of methoxy groups -OCH3 is 2. The maximum atomic E-state index is 13.5. The summed E-state index contributed by atoms with van der Waals surface area (Å²) in [6.07, 6.45) is -2.11. The summed E-state index contributed by atoms with van der Waals surface area (Å²) in [5.74, 6) is 0.919. The average Bonchev–Trinajstić information content (AvgIpc) is 3.78. The fraction of sp³-hybridized carbons (Fsp3) is 0.303. The van der Waals surface area contributed by atoms with Crippen LogP contribution >= 0.6 is 0 Å². The van der Waals surface area contributed by atoms with Crippen LogP contribution in [0.25, 0.3) is 11.2 Å². The minimum Gasteiger partial charge on any atom is -0.497 e. The van der Waals surface area contributed by atoms with Gasteiger partial charge in [0.1, 0.15) is 29.6 Å². The highest BCUT2D eigenvalue weighted by Crippen LogP contribution is 2.42. The number of aliphatic hydroxyl groups is 1. The van der Waals surface area contributed by atoms with Crippen LogP contribution in [-0.4, -0.2) is 69.7 Å². The van der Waals surface area contributed by atoms with Gasteiger partial charge in [0.25, 0.3) is 12.0 Å². The summed E-state index contributed by atoms with van der Waals surface area (Å²) in [7, 11) is 3.10. The van der Waals surface area contributed by atoms with Gasteiger partial charge in [-0.05, 0) is 35.7 Å². The number of hydrogen-bond donors (Lipinski definition) is 3. The Labute approximate surface area is 258 Å². The van der Waals surface area contributed by atoms with Crippen LogP contribution in [0.15, 0.2) is 96.1 Å². The van der Waals surface area contributed by atoms with Crippen LogP contribution in [0.1, 0.15) is 29.8 Å². The molecule has 5 aromatic rings. The van der Waals surface area contributed by atoms with E-state index in [1.165, 1.54) is 13.4 Å². The van der Waals surface area contributed by atoms with Crippen LogP contribution in [0, 0.1) is 0 Å². The molecule has 3 N–H and O–H groups in total. The second-order valence-corrected chi connectivity index (χ2v) is 11.0. The molecule has 7 rings (SSSR count). The highest BCUT2D eigenvalue weighted by Gasteiger charge is 2.55. The summed E-state index contributed by atoms with van der Waals surface area (Å²) in [4.78, 5) is 25.7. The number of benzene rings is 3. The number of fused-ring (bicyclic) bond motifs is 2. The molecule has 2 saturated heterocycles. The van der Waals surface area contributed by atoms with Gasteiger partial charge in [0.15, 0.2) is 17.4 Å². The van der Waals surface area contributed by atoms with E-state index in [2.05, 4.69) is 15.3 Å². The van der Waals surface area contributed by atoms with Gasteiger partial charge in [0, 0.05) is 7.11 Å². The van der Waals surface area contributed by atoms with Gasteiger partial charge in [0.05, 0.1) is 19.5 Å². The molecular formula is C33H33N5O7. The van der Waals surface area contributed by atoms with Crippen LogP contribution in [0.5, 0.6) is 5.75 Å². The van der Waals surface area contributed by atoms with Crippen molar-refractivity contribution in [1.29, 1.82) is 0 Å². The van der Waals surface area contributed by atoms with Gasteiger partial charge in [0.2, 0.25) is 5.95 Å². The second-order valence-electron chi connectivity index (χ2n) is 11.0. The lowest BCUT2D eigenvalue weighted by Gasteiger charge is -2.37. The Morgan fingerprint density at radius 1 is 0.911 bits per heavy atom. The zero-order chi connectivity index (χ0) is 31.1. The van der Waals surface area contributed by atoms with Crippen molar-refractivity contribution in [2.75, 3.05) is 19.5 Å². The van der Waals surface area contributed by atoms with Gasteiger partial charge in [-0.1, -0.05) is 72.8 Å². The standard InChI is InChI=1S/C33H33N5O7/c1-19(39)25-26-27(45-32(42-3)44-26)30(43-25)38-18-34-24-28(38)35-31(36-29(24)40)37-33(20-10-6-4-7-11-20,21-12-8-5-9-13-21)22-14-16-23(41-2)17-15-22/h4-19,25-27,30,32,39H,1-3H3,(H2,35,36,37,40)/t19-,25+,26+,27+,30+,32?/m0/s1. The number of aromatic nitrogens is 4. The quantitative estimate of drug-likeness (QED) is 0.212. The third-order valence-corrected chi connectivity index (χ3v) is 8.38. The van der Waals surface area contributed by atoms with Gasteiger partial charge in [-0.15, -0.1) is 0 Å². The number of nitrogens with one attached hydrogen (secondary N) is 2. The van der Waals surface area contributed by atoms with Crippen molar-refractivity contribution in [1.82, 2.24) is 19.5 Å². The molecule has 0 spiro atoms. The lowest BCUT2D eigenvalue weighted by molar-refractivity contribution is -0.259. The highest BCUT2D eigenvalue weighted by molar-refractivity contribution is 5.71. The normalized spacial score (nSPS) is 23.6. The monoisotopic (exact) mass is 611 g/mol. The molecular weight excluding hydrogens is 578 g/mol. The molecule has 0 saturated carbocycles. The summed E-state index contributed by atoms with van der Waals surface area (Å²) in [6, 6.07) is 27.7. The Bertz CT molecular complexity index is 1790. The lowest BCUT2D eigenvalue weighted by Crippen LogP contribution is -2.39. The maximum Gasteiger partial charge on any atom is 0.280 e. The zero-order valence-electron chi connectivity index (χ0n) is 24.9. The molecule has 45 heavy (non-hydrogen) atoms. The molecule has 6 atom stereocenters. The third kappa shape index (κ3) is 4.96. The number of aromatic amines is 1. The number of ether oxygens (including phenoxy) is 5. The SMILES string of the molecule is COc1ccc(C(Nc2nc3c(ncn3[C@@H]3O[C@H]([C@H](C)O)[C@H]4OC(OC)O[C@H]43)c(=O)[nH]2)(c2ccccc2)c2ccccc2)cc1. The maximum absolute atomic E-state index is 13.5. The average molecular weight is 612 g/mol. The van der Waals surface area contributed by atoms with Gasteiger partial charge in [-0.3, -0.25) is 14.3 Å². The van der Waals surface area contributed by atoms with E-state index in [4.69, 9.17) is 28.7 Å². The molecule has 2 aromatic heterocycles. The van der Waals surface area contributed by atoms with E-state index in [9.17, 15) is 9.90 Å². The molecule has 0 amide bonds. The number of rotatable bonds is 9. The summed E-state index contributed by atoms with van der Waals surface area (Å²) >= 11 is 0. The third-order valence-electron chi connectivity index (χ3n) is 8.38. The Kier molecular flexibility index (Phi) is 7.59. The van der Waals surface area contributed by atoms with Crippen LogP contribution in [0.4, 0.5) is 5.95 Å². The van der Waals surface area contributed by atoms with Crippen molar-refractivity contribution < 1.29 is 28.8 Å². The van der Waals surface area contributed by atoms with Gasteiger partial charge in [-0.25, -0.2) is 4.98 Å². The molecule has 12 heteroatoms. The van der Waals surface area contributed by atoms with Gasteiger partial charge < -0.3 is 34.1 Å². The Morgan fingerprint density at radius 3 is 2.13 bits per heavy atom. The molecule has 232 valence electrons. The van der Waals surface area contributed by atoms with Crippen LogP contribution in [0.3, 0.4) is 0 Å². The fourth-order valence-electron chi connectivity index (χ4n) is 6.26. The predicted molar refractivity (Wildman–Crippen MR) is 164 cm³/mol. The van der Waals surface area contributed by atoms with Crippen molar-refractivity contribution in [3.8, 4) is 5.75 Å². The first kappa shape index (κ1) is 29.1. The number of hydrogen-bond acceptors (Lipinski definition) is 10. The number of anilines is 1. The number of nitrogens with zero attached hydrogens (tertiary/aromatic N) is 3. The van der Waals surface area contributed by atoms with E-state index in [0.29, 0.717) is 5.75 Å². The Balaban J connectivity index is 1.38. The van der Waals surface area contributed by atoms with Crippen molar-refractivity contribution in [2.24, 2.45) is 0 Å². The van der Waals surface area contributed by atoms with Crippen LogP contribution in [0.2, 0.25) is 0 Å². The van der Waals surface area contributed by atoms with E-state index < -0.39 is 48.2 Å². The molecule has 0 aliphatic carbocycles. The van der Waals surface area contributed by atoms with Crippen molar-refractivity contribution in [3.05, 3.63) is 118 Å². The molecule has 1 unspecified atom stereocenters. The minimum absolute atomic E-state index is 0.123. The van der Waals surface area contributed by atoms with E-state index in [1.54, 1.807) is 18.6 Å². The smallest absolute Gasteiger partial charge is 0.280 e. The molecule has 12 nitrogen and oxygen atoms in total. The molecule has 3 aromatic carbocycles. The summed E-state index contributed by atoms with van der Waals surface area (Å²) in [5.41, 5.74) is 1.70. The second kappa shape index (κ2) is 11.7. The zero-order valence-corrected chi connectivity index (χ0v) is 24.9. The van der Waals surface area contributed by atoms with Crippen molar-refractivity contribution in [3.63, 3.8) is 0 Å². The van der Waals surface area contributed by atoms with Gasteiger partial charge >= 0.3 is 0 Å². The molecule has 4 heterocycles. The van der Waals surface area contributed by atoms with Crippen LogP contribution < -0.4 is 15.6 Å². The number of imidazole rings is 1.